The molecule has 0 saturated carbocycles. The summed E-state index contributed by atoms with van der Waals surface area (Å²) >= 11 is 12.4. The van der Waals surface area contributed by atoms with Crippen LogP contribution < -0.4 is 5.32 Å². The number of benzene rings is 1. The molecule has 3 heteroatoms. The first-order valence-electron chi connectivity index (χ1n) is 6.90. The van der Waals surface area contributed by atoms with Crippen LogP contribution in [0.3, 0.4) is 0 Å². The molecule has 0 aliphatic heterocycles. The number of hydrogen-bond acceptors (Lipinski definition) is 1. The predicted octanol–water partition coefficient (Wildman–Crippen LogP) is 5.26. The summed E-state index contributed by atoms with van der Waals surface area (Å²) < 4.78 is 0. The van der Waals surface area contributed by atoms with E-state index in [9.17, 15) is 0 Å². The number of hydrogen-bond donors (Lipinski definition) is 1. The maximum Gasteiger partial charge on any atom is 0.0453 e. The minimum atomic E-state index is 0.432. The molecular formula is C16H23Cl2N. The van der Waals surface area contributed by atoms with Gasteiger partial charge in [-0.3, -0.25) is 0 Å². The second-order valence-corrected chi connectivity index (χ2v) is 5.63. The zero-order valence-electron chi connectivity index (χ0n) is 11.6. The Bertz CT molecular complexity index is 370. The Balaban J connectivity index is 2.45. The Kier molecular flexibility index (Phi) is 8.20. The van der Waals surface area contributed by atoms with Crippen molar-refractivity contribution in [3.05, 3.63) is 46.5 Å². The summed E-state index contributed by atoms with van der Waals surface area (Å²) in [4.78, 5) is 0. The maximum absolute atomic E-state index is 6.21. The standard InChI is InChI=1S/C16H23Cl2N/c1-3-4-5-6-7-9-13(19-2)12-14-15(17)10-8-11-16(14)18/h3,8,10-11,13,19H,1,4-7,9,12H2,2H3. The van der Waals surface area contributed by atoms with Crippen molar-refractivity contribution >= 4 is 23.2 Å². The van der Waals surface area contributed by atoms with Gasteiger partial charge >= 0.3 is 0 Å². The van der Waals surface area contributed by atoms with Crippen molar-refractivity contribution in [3.8, 4) is 0 Å². The van der Waals surface area contributed by atoms with Gasteiger partial charge in [0.05, 0.1) is 0 Å². The molecule has 0 saturated heterocycles. The van der Waals surface area contributed by atoms with E-state index in [1.54, 1.807) is 0 Å². The van der Waals surface area contributed by atoms with Gasteiger partial charge in [0, 0.05) is 16.1 Å². The van der Waals surface area contributed by atoms with E-state index in [1.807, 2.05) is 31.3 Å². The van der Waals surface area contributed by atoms with Gasteiger partial charge in [-0.05, 0) is 50.4 Å². The van der Waals surface area contributed by atoms with E-state index in [4.69, 9.17) is 23.2 Å². The normalized spacial score (nSPS) is 12.4. The number of halogens is 2. The molecule has 0 radical (unpaired) electrons. The van der Waals surface area contributed by atoms with Crippen molar-refractivity contribution < 1.29 is 0 Å². The molecule has 106 valence electrons. The number of unbranched alkanes of at least 4 members (excludes halogenated alkanes) is 3. The Morgan fingerprint density at radius 3 is 2.47 bits per heavy atom. The van der Waals surface area contributed by atoms with Crippen molar-refractivity contribution in [1.29, 1.82) is 0 Å². The second kappa shape index (κ2) is 9.41. The third-order valence-corrected chi connectivity index (χ3v) is 4.09. The smallest absolute Gasteiger partial charge is 0.0453 e. The van der Waals surface area contributed by atoms with Crippen LogP contribution in [0.4, 0.5) is 0 Å². The van der Waals surface area contributed by atoms with Gasteiger partial charge in [-0.2, -0.15) is 0 Å². The first kappa shape index (κ1) is 16.6. The van der Waals surface area contributed by atoms with E-state index in [-0.39, 0.29) is 0 Å². The molecule has 1 aromatic rings. The molecule has 0 fully saturated rings. The summed E-state index contributed by atoms with van der Waals surface area (Å²) in [6.07, 6.45) is 8.83. The molecule has 0 aliphatic rings. The van der Waals surface area contributed by atoms with E-state index in [0.29, 0.717) is 6.04 Å². The van der Waals surface area contributed by atoms with Gasteiger partial charge in [-0.15, -0.1) is 6.58 Å². The van der Waals surface area contributed by atoms with Crippen LogP contribution in [0.1, 0.15) is 37.7 Å². The second-order valence-electron chi connectivity index (χ2n) is 4.82. The lowest BCUT2D eigenvalue weighted by molar-refractivity contribution is 0.487. The van der Waals surface area contributed by atoms with Crippen molar-refractivity contribution in [1.82, 2.24) is 5.32 Å². The molecule has 0 amide bonds. The minimum Gasteiger partial charge on any atom is -0.317 e. The lowest BCUT2D eigenvalue weighted by Gasteiger charge is -2.17. The van der Waals surface area contributed by atoms with Crippen LogP contribution in [0.25, 0.3) is 0 Å². The van der Waals surface area contributed by atoms with Crippen LogP contribution in [-0.4, -0.2) is 13.1 Å². The van der Waals surface area contributed by atoms with Crippen molar-refractivity contribution in [2.24, 2.45) is 0 Å². The first-order chi connectivity index (χ1) is 9.19. The zero-order valence-corrected chi connectivity index (χ0v) is 13.1. The van der Waals surface area contributed by atoms with E-state index in [1.165, 1.54) is 19.3 Å². The molecule has 19 heavy (non-hydrogen) atoms. The highest BCUT2D eigenvalue weighted by molar-refractivity contribution is 6.35. The molecule has 0 aromatic heterocycles. The molecule has 1 N–H and O–H groups in total. The average Bonchev–Trinajstić information content (AvgIpc) is 2.40. The number of nitrogens with one attached hydrogen (secondary N) is 1. The Labute approximate surface area is 127 Å². The predicted molar refractivity (Wildman–Crippen MR) is 86.3 cm³/mol. The van der Waals surface area contributed by atoms with Gasteiger partial charge < -0.3 is 5.32 Å². The average molecular weight is 300 g/mol. The third-order valence-electron chi connectivity index (χ3n) is 3.38. The van der Waals surface area contributed by atoms with E-state index in [0.717, 1.165) is 34.9 Å². The van der Waals surface area contributed by atoms with Crippen LogP contribution in [0.15, 0.2) is 30.9 Å². The minimum absolute atomic E-state index is 0.432. The van der Waals surface area contributed by atoms with Gasteiger partial charge in [0.15, 0.2) is 0 Å². The Hall–Kier alpha value is -0.500. The Morgan fingerprint density at radius 1 is 1.21 bits per heavy atom. The fourth-order valence-corrected chi connectivity index (χ4v) is 2.73. The van der Waals surface area contributed by atoms with Crippen LogP contribution in [0.2, 0.25) is 10.0 Å². The zero-order chi connectivity index (χ0) is 14.1. The summed E-state index contributed by atoms with van der Waals surface area (Å²) in [5.74, 6) is 0. The van der Waals surface area contributed by atoms with Gasteiger partial charge in [-0.1, -0.05) is 48.2 Å². The number of likely N-dealkylation sites (N-methyl/N-ethyl adjacent to an activating group) is 1. The lowest BCUT2D eigenvalue weighted by atomic mass is 10.00. The van der Waals surface area contributed by atoms with Crippen LogP contribution in [0.5, 0.6) is 0 Å². The molecule has 0 heterocycles. The third kappa shape index (κ3) is 5.99. The number of allylic oxidation sites excluding steroid dienone is 1. The molecular weight excluding hydrogens is 277 g/mol. The van der Waals surface area contributed by atoms with Gasteiger partial charge in [0.2, 0.25) is 0 Å². The summed E-state index contributed by atoms with van der Waals surface area (Å²) in [7, 11) is 2.00. The summed E-state index contributed by atoms with van der Waals surface area (Å²) in [6.45, 7) is 3.74. The van der Waals surface area contributed by atoms with Crippen LogP contribution in [-0.2, 0) is 6.42 Å². The molecule has 1 aromatic carbocycles. The van der Waals surface area contributed by atoms with E-state index < -0.39 is 0 Å². The van der Waals surface area contributed by atoms with Crippen molar-refractivity contribution in [3.63, 3.8) is 0 Å². The topological polar surface area (TPSA) is 12.0 Å². The quantitative estimate of drug-likeness (QED) is 0.484. The monoisotopic (exact) mass is 299 g/mol. The van der Waals surface area contributed by atoms with Crippen LogP contribution in [0, 0.1) is 0 Å². The molecule has 0 bridgehead atoms. The molecule has 1 atom stereocenters. The van der Waals surface area contributed by atoms with Crippen molar-refractivity contribution in [2.45, 2.75) is 44.6 Å². The largest absolute Gasteiger partial charge is 0.317 e. The van der Waals surface area contributed by atoms with E-state index >= 15 is 0 Å². The Morgan fingerprint density at radius 2 is 1.89 bits per heavy atom. The van der Waals surface area contributed by atoms with E-state index in [2.05, 4.69) is 11.9 Å². The highest BCUT2D eigenvalue weighted by Gasteiger charge is 2.12. The molecule has 1 rings (SSSR count). The lowest BCUT2D eigenvalue weighted by Crippen LogP contribution is -2.27. The highest BCUT2D eigenvalue weighted by atomic mass is 35.5. The molecule has 1 unspecified atom stereocenters. The molecule has 1 nitrogen and oxygen atoms in total. The number of rotatable bonds is 9. The molecule has 0 spiro atoms. The maximum atomic E-state index is 6.21. The molecule has 0 aliphatic carbocycles. The van der Waals surface area contributed by atoms with Crippen molar-refractivity contribution in [2.75, 3.05) is 7.05 Å². The summed E-state index contributed by atoms with van der Waals surface area (Å²) in [6, 6.07) is 6.12. The highest BCUT2D eigenvalue weighted by Crippen LogP contribution is 2.26. The van der Waals surface area contributed by atoms with Gasteiger partial charge in [-0.25, -0.2) is 0 Å². The SMILES string of the molecule is C=CCCCCCC(Cc1c(Cl)cccc1Cl)NC. The van der Waals surface area contributed by atoms with Gasteiger partial charge in [0.1, 0.15) is 0 Å². The van der Waals surface area contributed by atoms with Gasteiger partial charge in [0.25, 0.3) is 0 Å². The fraction of sp³-hybridized carbons (Fsp3) is 0.500. The summed E-state index contributed by atoms with van der Waals surface area (Å²) in [5.41, 5.74) is 1.05. The first-order valence-corrected chi connectivity index (χ1v) is 7.65. The summed E-state index contributed by atoms with van der Waals surface area (Å²) in [5, 5.41) is 4.89. The fourth-order valence-electron chi connectivity index (χ4n) is 2.18. The van der Waals surface area contributed by atoms with Crippen LogP contribution >= 0.6 is 23.2 Å².